The number of nitrogens with zero attached hydrogens (tertiary/aromatic N) is 4. The maximum Gasteiger partial charge on any atom is 0.145 e. The Hall–Kier alpha value is -5.18. The minimum absolute atomic E-state index is 0.0947. The Labute approximate surface area is 261 Å². The molecular formula is C36H26N6S2. The second-order valence-corrected chi connectivity index (χ2v) is 12.8. The van der Waals surface area contributed by atoms with Crippen molar-refractivity contribution in [2.75, 3.05) is 10.6 Å². The van der Waals surface area contributed by atoms with Gasteiger partial charge in [-0.1, -0.05) is 60.7 Å². The smallest absolute Gasteiger partial charge is 0.145 e. The van der Waals surface area contributed by atoms with Crippen molar-refractivity contribution in [1.82, 2.24) is 19.1 Å². The number of thiophene rings is 2. The molecule has 2 N–H and O–H groups in total. The molecule has 0 saturated carbocycles. The van der Waals surface area contributed by atoms with Crippen LogP contribution in [0.25, 0.3) is 44.8 Å². The molecule has 0 fully saturated rings. The van der Waals surface area contributed by atoms with Crippen molar-refractivity contribution >= 4 is 56.1 Å². The van der Waals surface area contributed by atoms with E-state index < -0.39 is 0 Å². The van der Waals surface area contributed by atoms with E-state index in [1.54, 1.807) is 22.7 Å². The fraction of sp³-hybridized carbons (Fsp3) is 0.0556. The summed E-state index contributed by atoms with van der Waals surface area (Å²) < 4.78 is 4.62. The van der Waals surface area contributed by atoms with Gasteiger partial charge in [0.2, 0.25) is 0 Å². The molecule has 10 rings (SSSR count). The van der Waals surface area contributed by atoms with Crippen molar-refractivity contribution in [3.8, 4) is 22.8 Å². The maximum absolute atomic E-state index is 4.88. The number of fused-ring (bicyclic) bond motifs is 10. The van der Waals surface area contributed by atoms with Gasteiger partial charge in [-0.05, 0) is 71.4 Å². The van der Waals surface area contributed by atoms with Gasteiger partial charge in [-0.15, -0.1) is 22.7 Å². The molecule has 0 spiro atoms. The lowest BCUT2D eigenvalue weighted by Crippen LogP contribution is -2.23. The quantitative estimate of drug-likeness (QED) is 0.206. The largest absolute Gasteiger partial charge is 0.360 e. The molecule has 4 aromatic heterocycles. The van der Waals surface area contributed by atoms with Gasteiger partial charge in [0.1, 0.15) is 24.0 Å². The molecule has 2 aliphatic heterocycles. The highest BCUT2D eigenvalue weighted by molar-refractivity contribution is 7.10. The lowest BCUT2D eigenvalue weighted by Gasteiger charge is -2.29. The van der Waals surface area contributed by atoms with Gasteiger partial charge in [-0.2, -0.15) is 0 Å². The average molecular weight is 607 g/mol. The van der Waals surface area contributed by atoms with Crippen LogP contribution < -0.4 is 10.6 Å². The third kappa shape index (κ3) is 3.99. The molecule has 212 valence electrons. The molecule has 0 amide bonds. The zero-order chi connectivity index (χ0) is 29.0. The van der Waals surface area contributed by atoms with E-state index in [0.717, 1.165) is 56.2 Å². The second-order valence-electron chi connectivity index (χ2n) is 10.8. The van der Waals surface area contributed by atoms with Crippen LogP contribution in [0, 0.1) is 0 Å². The molecular weight excluding hydrogens is 581 g/mol. The van der Waals surface area contributed by atoms with Crippen molar-refractivity contribution in [1.29, 1.82) is 0 Å². The van der Waals surface area contributed by atoms with Gasteiger partial charge in [0.15, 0.2) is 0 Å². The lowest BCUT2D eigenvalue weighted by atomic mass is 10.1. The third-order valence-electron chi connectivity index (χ3n) is 8.25. The van der Waals surface area contributed by atoms with E-state index >= 15 is 0 Å². The Balaban J connectivity index is 0.000000123. The fourth-order valence-corrected chi connectivity index (χ4v) is 7.84. The van der Waals surface area contributed by atoms with Crippen LogP contribution in [0.15, 0.2) is 132 Å². The predicted molar refractivity (Wildman–Crippen MR) is 182 cm³/mol. The summed E-state index contributed by atoms with van der Waals surface area (Å²) in [6.07, 6.45) is 0.189. The Bertz CT molecular complexity index is 2100. The van der Waals surface area contributed by atoms with Crippen LogP contribution in [-0.4, -0.2) is 19.1 Å². The van der Waals surface area contributed by atoms with Crippen LogP contribution in [0.2, 0.25) is 0 Å². The standard InChI is InChI=1S/2C18H13N3S/c2*1-2-7-13-12(6-1)17-20-14-8-3-4-9-15(14)21(17)18(19-13)16-10-5-11-22-16/h2*1-11,18-19H/t2*18-/m10/s1. The van der Waals surface area contributed by atoms with E-state index in [1.165, 1.54) is 9.75 Å². The minimum atomic E-state index is 0.0947. The van der Waals surface area contributed by atoms with Gasteiger partial charge in [-0.3, -0.25) is 9.13 Å². The molecule has 0 unspecified atom stereocenters. The summed E-state index contributed by atoms with van der Waals surface area (Å²) in [6, 6.07) is 42.0. The van der Waals surface area contributed by atoms with E-state index in [9.17, 15) is 0 Å². The first kappa shape index (κ1) is 25.3. The number of aromatic nitrogens is 4. The molecule has 8 heteroatoms. The molecule has 0 aliphatic carbocycles. The summed E-state index contributed by atoms with van der Waals surface area (Å²) >= 11 is 3.54. The van der Waals surface area contributed by atoms with Gasteiger partial charge in [0.05, 0.1) is 22.1 Å². The zero-order valence-electron chi connectivity index (χ0n) is 23.5. The molecule has 0 saturated heterocycles. The summed E-state index contributed by atoms with van der Waals surface area (Å²) in [5.74, 6) is 2.07. The number of para-hydroxylation sites is 6. The van der Waals surface area contributed by atoms with Crippen LogP contribution in [0.5, 0.6) is 0 Å². The van der Waals surface area contributed by atoms with Crippen molar-refractivity contribution in [3.05, 3.63) is 142 Å². The van der Waals surface area contributed by atoms with E-state index in [1.807, 2.05) is 12.1 Å². The second kappa shape index (κ2) is 10.2. The third-order valence-corrected chi connectivity index (χ3v) is 10.1. The average Bonchev–Trinajstić information content (AvgIpc) is 3.90. The SMILES string of the molecule is c1csc([C@@H]2Nc3ccccc3-c3nc4ccccc4n32)c1.c1csc([C@H]2Nc3ccccc3-c3nc4ccccc4n32)c1. The van der Waals surface area contributed by atoms with Gasteiger partial charge >= 0.3 is 0 Å². The first-order valence-corrected chi connectivity index (χ1v) is 16.3. The molecule has 0 radical (unpaired) electrons. The van der Waals surface area contributed by atoms with E-state index in [0.29, 0.717) is 0 Å². The predicted octanol–water partition coefficient (Wildman–Crippen LogP) is 9.47. The Morgan fingerprint density at radius 3 is 1.36 bits per heavy atom. The Morgan fingerprint density at radius 1 is 0.477 bits per heavy atom. The highest BCUT2D eigenvalue weighted by Gasteiger charge is 2.29. The van der Waals surface area contributed by atoms with Crippen LogP contribution in [0.3, 0.4) is 0 Å². The van der Waals surface area contributed by atoms with Crippen LogP contribution in [-0.2, 0) is 0 Å². The lowest BCUT2D eigenvalue weighted by molar-refractivity contribution is 0.681. The van der Waals surface area contributed by atoms with E-state index in [2.05, 4.69) is 140 Å². The number of benzene rings is 4. The van der Waals surface area contributed by atoms with Gasteiger partial charge in [0, 0.05) is 32.3 Å². The maximum atomic E-state index is 4.88. The normalized spacial score (nSPS) is 16.1. The number of hydrogen-bond acceptors (Lipinski definition) is 6. The molecule has 2 aliphatic rings. The van der Waals surface area contributed by atoms with Crippen molar-refractivity contribution < 1.29 is 0 Å². The van der Waals surface area contributed by atoms with Crippen molar-refractivity contribution in [3.63, 3.8) is 0 Å². The Kier molecular flexibility index (Phi) is 5.89. The van der Waals surface area contributed by atoms with Gasteiger partial charge in [-0.25, -0.2) is 9.97 Å². The monoisotopic (exact) mass is 606 g/mol. The first-order valence-electron chi connectivity index (χ1n) is 14.6. The summed E-state index contributed by atoms with van der Waals surface area (Å²) in [6.45, 7) is 0. The summed E-state index contributed by atoms with van der Waals surface area (Å²) in [5, 5.41) is 11.6. The molecule has 2 atom stereocenters. The zero-order valence-corrected chi connectivity index (χ0v) is 25.1. The topological polar surface area (TPSA) is 59.7 Å². The fourth-order valence-electron chi connectivity index (χ4n) is 6.31. The van der Waals surface area contributed by atoms with Crippen molar-refractivity contribution in [2.24, 2.45) is 0 Å². The summed E-state index contributed by atoms with van der Waals surface area (Å²) in [5.41, 5.74) is 9.01. The number of imidazole rings is 2. The van der Waals surface area contributed by atoms with E-state index in [-0.39, 0.29) is 12.3 Å². The van der Waals surface area contributed by atoms with Crippen LogP contribution >= 0.6 is 22.7 Å². The molecule has 8 aromatic rings. The Morgan fingerprint density at radius 2 is 0.909 bits per heavy atom. The first-order chi connectivity index (χ1) is 21.8. The summed E-state index contributed by atoms with van der Waals surface area (Å²) in [7, 11) is 0. The molecule has 6 heterocycles. The van der Waals surface area contributed by atoms with Crippen LogP contribution in [0.4, 0.5) is 11.4 Å². The number of hydrogen-bond donors (Lipinski definition) is 2. The molecule has 4 aromatic carbocycles. The number of nitrogens with one attached hydrogen (secondary N) is 2. The summed E-state index contributed by atoms with van der Waals surface area (Å²) in [4.78, 5) is 12.3. The van der Waals surface area contributed by atoms with Gasteiger partial charge in [0.25, 0.3) is 0 Å². The number of anilines is 2. The highest BCUT2D eigenvalue weighted by Crippen LogP contribution is 2.42. The molecule has 0 bridgehead atoms. The van der Waals surface area contributed by atoms with Crippen molar-refractivity contribution in [2.45, 2.75) is 12.3 Å². The molecule has 44 heavy (non-hydrogen) atoms. The minimum Gasteiger partial charge on any atom is -0.360 e. The van der Waals surface area contributed by atoms with E-state index in [4.69, 9.17) is 9.97 Å². The highest BCUT2D eigenvalue weighted by atomic mass is 32.1. The molecule has 6 nitrogen and oxygen atoms in total. The number of rotatable bonds is 2. The van der Waals surface area contributed by atoms with Gasteiger partial charge < -0.3 is 10.6 Å². The van der Waals surface area contributed by atoms with Crippen LogP contribution in [0.1, 0.15) is 22.1 Å².